The van der Waals surface area contributed by atoms with Gasteiger partial charge in [0.2, 0.25) is 0 Å². The monoisotopic (exact) mass is 336 g/mol. The number of hydrogen-bond acceptors (Lipinski definition) is 2. The van der Waals surface area contributed by atoms with Crippen molar-refractivity contribution >= 4 is 15.9 Å². The van der Waals surface area contributed by atoms with Gasteiger partial charge in [-0.15, -0.1) is 0 Å². The first kappa shape index (κ1) is 15.1. The number of pyridine rings is 1. The maximum absolute atomic E-state index is 13.0. The van der Waals surface area contributed by atoms with E-state index in [-0.39, 0.29) is 11.9 Å². The summed E-state index contributed by atoms with van der Waals surface area (Å²) in [6, 6.07) is 10.7. The van der Waals surface area contributed by atoms with E-state index in [2.05, 4.69) is 33.2 Å². The third-order valence-corrected chi connectivity index (χ3v) is 3.78. The SMILES string of the molecule is CCCNC(Cc1ccc(F)cc1)c1ncccc1Br. The number of benzene rings is 1. The van der Waals surface area contributed by atoms with Crippen molar-refractivity contribution in [3.05, 3.63) is 64.1 Å². The normalized spacial score (nSPS) is 12.3. The van der Waals surface area contributed by atoms with Crippen LogP contribution in [0.25, 0.3) is 0 Å². The van der Waals surface area contributed by atoms with Gasteiger partial charge in [-0.1, -0.05) is 19.1 Å². The van der Waals surface area contributed by atoms with Crippen LogP contribution in [0.5, 0.6) is 0 Å². The van der Waals surface area contributed by atoms with Gasteiger partial charge in [0, 0.05) is 10.7 Å². The Morgan fingerprint density at radius 2 is 2.00 bits per heavy atom. The first-order chi connectivity index (χ1) is 9.70. The molecule has 1 N–H and O–H groups in total. The second-order valence-corrected chi connectivity index (χ2v) is 5.56. The van der Waals surface area contributed by atoms with E-state index in [0.29, 0.717) is 0 Å². The number of nitrogens with zero attached hydrogens (tertiary/aromatic N) is 1. The third kappa shape index (κ3) is 4.12. The number of rotatable bonds is 6. The largest absolute Gasteiger partial charge is 0.308 e. The van der Waals surface area contributed by atoms with Crippen LogP contribution in [0.3, 0.4) is 0 Å². The molecule has 0 amide bonds. The third-order valence-electron chi connectivity index (χ3n) is 3.11. The summed E-state index contributed by atoms with van der Waals surface area (Å²) in [5.41, 5.74) is 2.09. The summed E-state index contributed by atoms with van der Waals surface area (Å²) in [4.78, 5) is 4.46. The van der Waals surface area contributed by atoms with Crippen LogP contribution in [0.15, 0.2) is 47.1 Å². The molecule has 2 aromatic rings. The van der Waals surface area contributed by atoms with Gasteiger partial charge in [0.05, 0.1) is 11.7 Å². The quantitative estimate of drug-likeness (QED) is 0.852. The van der Waals surface area contributed by atoms with Crippen molar-refractivity contribution in [2.75, 3.05) is 6.54 Å². The second-order valence-electron chi connectivity index (χ2n) is 4.71. The van der Waals surface area contributed by atoms with E-state index in [9.17, 15) is 4.39 Å². The van der Waals surface area contributed by atoms with Gasteiger partial charge in [0.25, 0.3) is 0 Å². The van der Waals surface area contributed by atoms with Crippen LogP contribution in [-0.4, -0.2) is 11.5 Å². The molecule has 1 unspecified atom stereocenters. The number of hydrogen-bond donors (Lipinski definition) is 1. The lowest BCUT2D eigenvalue weighted by molar-refractivity contribution is 0.515. The molecule has 2 nitrogen and oxygen atoms in total. The maximum atomic E-state index is 13.0. The molecule has 1 aromatic heterocycles. The molecule has 0 saturated heterocycles. The maximum Gasteiger partial charge on any atom is 0.123 e. The Morgan fingerprint density at radius 3 is 2.65 bits per heavy atom. The lowest BCUT2D eigenvalue weighted by Crippen LogP contribution is -2.25. The van der Waals surface area contributed by atoms with Gasteiger partial charge in [-0.2, -0.15) is 0 Å². The fourth-order valence-electron chi connectivity index (χ4n) is 2.09. The van der Waals surface area contributed by atoms with E-state index in [1.165, 1.54) is 12.1 Å². The molecular formula is C16H18BrFN2. The van der Waals surface area contributed by atoms with Crippen molar-refractivity contribution in [3.8, 4) is 0 Å². The summed E-state index contributed by atoms with van der Waals surface area (Å²) in [6.07, 6.45) is 3.64. The average molecular weight is 337 g/mol. The summed E-state index contributed by atoms with van der Waals surface area (Å²) < 4.78 is 14.0. The first-order valence-electron chi connectivity index (χ1n) is 6.79. The Morgan fingerprint density at radius 1 is 1.25 bits per heavy atom. The van der Waals surface area contributed by atoms with Crippen molar-refractivity contribution in [2.45, 2.75) is 25.8 Å². The van der Waals surface area contributed by atoms with Crippen molar-refractivity contribution in [2.24, 2.45) is 0 Å². The highest BCUT2D eigenvalue weighted by Crippen LogP contribution is 2.24. The van der Waals surface area contributed by atoms with Crippen LogP contribution in [0.2, 0.25) is 0 Å². The van der Waals surface area contributed by atoms with Gasteiger partial charge >= 0.3 is 0 Å². The summed E-state index contributed by atoms with van der Waals surface area (Å²) in [7, 11) is 0. The highest BCUT2D eigenvalue weighted by molar-refractivity contribution is 9.10. The minimum Gasteiger partial charge on any atom is -0.308 e. The summed E-state index contributed by atoms with van der Waals surface area (Å²) in [5.74, 6) is -0.203. The van der Waals surface area contributed by atoms with Gasteiger partial charge in [0.15, 0.2) is 0 Å². The zero-order chi connectivity index (χ0) is 14.4. The molecular weight excluding hydrogens is 319 g/mol. The molecule has 0 aliphatic carbocycles. The van der Waals surface area contributed by atoms with E-state index >= 15 is 0 Å². The van der Waals surface area contributed by atoms with Crippen LogP contribution in [0, 0.1) is 5.82 Å². The number of nitrogens with one attached hydrogen (secondary N) is 1. The molecule has 1 heterocycles. The fraction of sp³-hybridized carbons (Fsp3) is 0.312. The van der Waals surface area contributed by atoms with Crippen LogP contribution >= 0.6 is 15.9 Å². The molecule has 2 rings (SSSR count). The summed E-state index contributed by atoms with van der Waals surface area (Å²) >= 11 is 3.55. The van der Waals surface area contributed by atoms with Crippen molar-refractivity contribution in [1.82, 2.24) is 10.3 Å². The van der Waals surface area contributed by atoms with Crippen LogP contribution in [0.1, 0.15) is 30.6 Å². The Labute approximate surface area is 127 Å². The molecule has 0 aliphatic rings. The predicted molar refractivity (Wildman–Crippen MR) is 83.1 cm³/mol. The topological polar surface area (TPSA) is 24.9 Å². The molecule has 0 spiro atoms. The molecule has 1 atom stereocenters. The van der Waals surface area contributed by atoms with Gasteiger partial charge in [0.1, 0.15) is 5.82 Å². The zero-order valence-corrected chi connectivity index (χ0v) is 13.0. The minimum absolute atomic E-state index is 0.121. The van der Waals surface area contributed by atoms with Crippen LogP contribution < -0.4 is 5.32 Å². The van der Waals surface area contributed by atoms with E-state index < -0.39 is 0 Å². The predicted octanol–water partition coefficient (Wildman–Crippen LogP) is 4.27. The standard InChI is InChI=1S/C16H18BrFN2/c1-2-9-19-15(16-14(17)4-3-10-20-16)11-12-5-7-13(18)8-6-12/h3-8,10,15,19H,2,9,11H2,1H3. The van der Waals surface area contributed by atoms with Crippen molar-refractivity contribution in [3.63, 3.8) is 0 Å². The Hall–Kier alpha value is -1.26. The summed E-state index contributed by atoms with van der Waals surface area (Å²) in [5, 5.41) is 3.50. The van der Waals surface area contributed by atoms with Gasteiger partial charge < -0.3 is 5.32 Å². The Bertz CT molecular complexity index is 542. The van der Waals surface area contributed by atoms with E-state index in [1.54, 1.807) is 6.20 Å². The highest BCUT2D eigenvalue weighted by atomic mass is 79.9. The molecule has 4 heteroatoms. The average Bonchev–Trinajstić information content (AvgIpc) is 2.46. The number of halogens is 2. The molecule has 1 aromatic carbocycles. The van der Waals surface area contributed by atoms with Crippen molar-refractivity contribution < 1.29 is 4.39 Å². The molecule has 0 aliphatic heterocycles. The highest BCUT2D eigenvalue weighted by Gasteiger charge is 2.15. The lowest BCUT2D eigenvalue weighted by Gasteiger charge is -2.19. The van der Waals surface area contributed by atoms with Crippen LogP contribution in [-0.2, 0) is 6.42 Å². The van der Waals surface area contributed by atoms with Gasteiger partial charge in [-0.05, 0) is 65.1 Å². The second kappa shape index (κ2) is 7.50. The smallest absolute Gasteiger partial charge is 0.123 e. The number of aromatic nitrogens is 1. The minimum atomic E-state index is -0.203. The van der Waals surface area contributed by atoms with Gasteiger partial charge in [-0.3, -0.25) is 4.98 Å². The van der Waals surface area contributed by atoms with Gasteiger partial charge in [-0.25, -0.2) is 4.39 Å². The fourth-order valence-corrected chi connectivity index (χ4v) is 2.63. The zero-order valence-electron chi connectivity index (χ0n) is 11.4. The van der Waals surface area contributed by atoms with Crippen LogP contribution in [0.4, 0.5) is 4.39 Å². The van der Waals surface area contributed by atoms with E-state index in [0.717, 1.165) is 35.1 Å². The lowest BCUT2D eigenvalue weighted by atomic mass is 10.0. The Kier molecular flexibility index (Phi) is 5.68. The van der Waals surface area contributed by atoms with Crippen molar-refractivity contribution in [1.29, 1.82) is 0 Å². The first-order valence-corrected chi connectivity index (χ1v) is 7.58. The molecule has 0 bridgehead atoms. The molecule has 0 saturated carbocycles. The Balaban J connectivity index is 2.19. The molecule has 0 fully saturated rings. The molecule has 0 radical (unpaired) electrons. The molecule has 106 valence electrons. The molecule has 20 heavy (non-hydrogen) atoms. The van der Waals surface area contributed by atoms with E-state index in [4.69, 9.17) is 0 Å². The van der Waals surface area contributed by atoms with E-state index in [1.807, 2.05) is 24.3 Å². The summed E-state index contributed by atoms with van der Waals surface area (Å²) in [6.45, 7) is 3.06.